The van der Waals surface area contributed by atoms with Gasteiger partial charge in [0, 0.05) is 6.08 Å². The fraction of sp³-hybridized carbons (Fsp3) is 0.294. The van der Waals surface area contributed by atoms with Gasteiger partial charge in [0.15, 0.2) is 5.75 Å². The summed E-state index contributed by atoms with van der Waals surface area (Å²) in [4.78, 5) is 23.7. The lowest BCUT2D eigenvalue weighted by Crippen LogP contribution is -2.19. The third kappa shape index (κ3) is 10.4. The number of benzene rings is 2. The van der Waals surface area contributed by atoms with Crippen molar-refractivity contribution in [1.82, 2.24) is 0 Å². The molecule has 3 rings (SSSR count). The van der Waals surface area contributed by atoms with Gasteiger partial charge in [0.2, 0.25) is 0 Å². The number of aliphatic carboxylic acids is 1. The van der Waals surface area contributed by atoms with Gasteiger partial charge >= 0.3 is 11.9 Å². The van der Waals surface area contributed by atoms with Gasteiger partial charge in [-0.15, -0.1) is 0 Å². The molecule has 0 saturated heterocycles. The summed E-state index contributed by atoms with van der Waals surface area (Å²) in [6, 6.07) is 8.90. The van der Waals surface area contributed by atoms with E-state index in [1.807, 2.05) is 25.2 Å². The van der Waals surface area contributed by atoms with Crippen molar-refractivity contribution in [2.75, 3.05) is 0 Å². The van der Waals surface area contributed by atoms with Gasteiger partial charge in [-0.25, -0.2) is 4.79 Å². The van der Waals surface area contributed by atoms with E-state index in [0.717, 1.165) is 21.9 Å². The maximum absolute atomic E-state index is 12.7. The molecule has 0 radical (unpaired) electrons. The smallest absolute Gasteiger partial charge is 0.336 e. The van der Waals surface area contributed by atoms with Crippen LogP contribution >= 0.6 is 67.8 Å². The van der Waals surface area contributed by atoms with Gasteiger partial charge in [-0.05, 0) is 154 Å². The molecule has 0 amide bonds. The number of carbonyl (C=O) groups is 2. The Balaban J connectivity index is 1.63. The monoisotopic (exact) mass is 904 g/mol. The summed E-state index contributed by atoms with van der Waals surface area (Å²) >= 11 is 6.37. The van der Waals surface area contributed by atoms with Gasteiger partial charge < -0.3 is 14.6 Å². The zero-order chi connectivity index (χ0) is 31.0. The van der Waals surface area contributed by atoms with Crippen LogP contribution in [0.15, 0.2) is 89.1 Å². The summed E-state index contributed by atoms with van der Waals surface area (Å²) in [6.07, 6.45) is 15.4. The van der Waals surface area contributed by atoms with Crippen LogP contribution < -0.4 is 9.47 Å². The van der Waals surface area contributed by atoms with Gasteiger partial charge in [-0.1, -0.05) is 61.4 Å². The number of hydrogen-bond acceptors (Lipinski definition) is 4. The average Bonchev–Trinajstić information content (AvgIpc) is 2.87. The number of esters is 1. The molecule has 0 fully saturated rings. The molecule has 2 aromatic rings. The molecule has 0 aliphatic heterocycles. The standard InChI is InChI=1S/C34H35I3O5/c1-21(11-13-26-23(3)10-7-15-34(26,4)5)8-6-9-22(2)16-32(40)42-33-28(36)19-25(20-29(33)37)41-30-14-12-24(17-27(30)35)18-31(38)39/h6,8-9,11-14,16-17,19-20H,7,10,15,18H2,1-5H3,(H,38,39). The number of rotatable bonds is 10. The Labute approximate surface area is 289 Å². The fourth-order valence-electron chi connectivity index (χ4n) is 4.73. The van der Waals surface area contributed by atoms with E-state index in [2.05, 4.69) is 108 Å². The highest BCUT2D eigenvalue weighted by atomic mass is 127. The van der Waals surface area contributed by atoms with Gasteiger partial charge in [0.05, 0.1) is 17.1 Å². The third-order valence-corrected chi connectivity index (χ3v) is 9.32. The summed E-state index contributed by atoms with van der Waals surface area (Å²) in [5, 5.41) is 9.01. The Morgan fingerprint density at radius 3 is 2.31 bits per heavy atom. The molecule has 0 unspecified atom stereocenters. The van der Waals surface area contributed by atoms with Gasteiger partial charge in [0.1, 0.15) is 11.5 Å². The van der Waals surface area contributed by atoms with Crippen LogP contribution in [-0.2, 0) is 16.0 Å². The van der Waals surface area contributed by atoms with E-state index in [-0.39, 0.29) is 11.8 Å². The number of allylic oxidation sites excluding steroid dienone is 9. The van der Waals surface area contributed by atoms with Crippen LogP contribution in [0.5, 0.6) is 17.2 Å². The molecule has 0 aromatic heterocycles. The third-order valence-electron chi connectivity index (χ3n) is 6.87. The van der Waals surface area contributed by atoms with Crippen LogP contribution in [0.2, 0.25) is 0 Å². The van der Waals surface area contributed by atoms with Crippen molar-refractivity contribution in [1.29, 1.82) is 0 Å². The summed E-state index contributed by atoms with van der Waals surface area (Å²) in [7, 11) is 0. The second-order valence-corrected chi connectivity index (χ2v) is 14.5. The SMILES string of the molecule is CC(C=CC1=C(C)CCCC1(C)C)=CC=CC(C)=CC(=O)Oc1c(I)cc(Oc2ccc(CC(=O)O)cc2I)cc1I. The molecule has 0 atom stereocenters. The van der Waals surface area contributed by atoms with Crippen molar-refractivity contribution in [3.8, 4) is 17.2 Å². The minimum absolute atomic E-state index is 0.0412. The van der Waals surface area contributed by atoms with Gasteiger partial charge in [0.25, 0.3) is 0 Å². The van der Waals surface area contributed by atoms with Crippen molar-refractivity contribution in [3.63, 3.8) is 0 Å². The van der Waals surface area contributed by atoms with Gasteiger partial charge in [-0.3, -0.25) is 4.79 Å². The van der Waals surface area contributed by atoms with E-state index in [0.29, 0.717) is 22.8 Å². The molecular weight excluding hydrogens is 869 g/mol. The maximum Gasteiger partial charge on any atom is 0.336 e. The lowest BCUT2D eigenvalue weighted by molar-refractivity contribution is -0.136. The van der Waals surface area contributed by atoms with E-state index in [1.54, 1.807) is 30.3 Å². The van der Waals surface area contributed by atoms with Crippen molar-refractivity contribution >= 4 is 79.7 Å². The van der Waals surface area contributed by atoms with Crippen molar-refractivity contribution in [2.45, 2.75) is 60.3 Å². The normalized spacial score (nSPS) is 15.9. The quantitative estimate of drug-likeness (QED) is 0.0846. The van der Waals surface area contributed by atoms with Crippen molar-refractivity contribution in [2.24, 2.45) is 5.41 Å². The molecule has 5 nitrogen and oxygen atoms in total. The minimum Gasteiger partial charge on any atom is -0.481 e. The highest BCUT2D eigenvalue weighted by molar-refractivity contribution is 14.1. The van der Waals surface area contributed by atoms with E-state index in [1.165, 1.54) is 36.5 Å². The fourth-order valence-corrected chi connectivity index (χ4v) is 7.35. The topological polar surface area (TPSA) is 72.8 Å². The number of halogens is 3. The Kier molecular flexibility index (Phi) is 12.9. The van der Waals surface area contributed by atoms with Crippen molar-refractivity contribution < 1.29 is 24.2 Å². The molecule has 2 aromatic carbocycles. The lowest BCUT2D eigenvalue weighted by Gasteiger charge is -2.32. The first-order chi connectivity index (χ1) is 19.7. The average molecular weight is 904 g/mol. The largest absolute Gasteiger partial charge is 0.481 e. The Morgan fingerprint density at radius 2 is 1.69 bits per heavy atom. The number of carbonyl (C=O) groups excluding carboxylic acids is 1. The Morgan fingerprint density at radius 1 is 1.00 bits per heavy atom. The first-order valence-corrected chi connectivity index (χ1v) is 16.8. The van der Waals surface area contributed by atoms with Crippen molar-refractivity contribution in [3.05, 3.63) is 105 Å². The molecule has 0 heterocycles. The van der Waals surface area contributed by atoms with E-state index < -0.39 is 11.9 Å². The molecule has 1 aliphatic carbocycles. The summed E-state index contributed by atoms with van der Waals surface area (Å²) in [6.45, 7) is 10.8. The van der Waals surface area contributed by atoms with Crippen LogP contribution in [0, 0.1) is 16.1 Å². The zero-order valence-corrected chi connectivity index (χ0v) is 30.9. The van der Waals surface area contributed by atoms with E-state index in [9.17, 15) is 9.59 Å². The molecule has 0 saturated carbocycles. The molecule has 1 aliphatic rings. The Bertz CT molecular complexity index is 1490. The van der Waals surface area contributed by atoms with Crippen LogP contribution in [-0.4, -0.2) is 17.0 Å². The molecule has 0 bridgehead atoms. The van der Waals surface area contributed by atoms with E-state index >= 15 is 0 Å². The van der Waals surface area contributed by atoms with Crippen LogP contribution in [0.3, 0.4) is 0 Å². The second kappa shape index (κ2) is 15.7. The zero-order valence-electron chi connectivity index (χ0n) is 24.4. The maximum atomic E-state index is 12.7. The predicted octanol–water partition coefficient (Wildman–Crippen LogP) is 10.4. The second-order valence-electron chi connectivity index (χ2n) is 11.0. The highest BCUT2D eigenvalue weighted by Crippen LogP contribution is 2.41. The Hall–Kier alpha value is -1.93. The minimum atomic E-state index is -0.878. The van der Waals surface area contributed by atoms with Crippen LogP contribution in [0.25, 0.3) is 0 Å². The molecule has 1 N–H and O–H groups in total. The molecular formula is C34H35I3O5. The number of carboxylic acid groups (broad SMARTS) is 1. The first-order valence-electron chi connectivity index (χ1n) is 13.6. The summed E-state index contributed by atoms with van der Waals surface area (Å²) < 4.78 is 14.0. The van der Waals surface area contributed by atoms with Crippen LogP contribution in [0.4, 0.5) is 0 Å². The number of ether oxygens (including phenoxy) is 2. The first kappa shape index (κ1) is 34.6. The van der Waals surface area contributed by atoms with E-state index in [4.69, 9.17) is 14.6 Å². The summed E-state index contributed by atoms with van der Waals surface area (Å²) in [5.74, 6) is 0.363. The number of carboxylic acids is 1. The predicted molar refractivity (Wildman–Crippen MR) is 194 cm³/mol. The molecule has 222 valence electrons. The molecule has 0 spiro atoms. The summed E-state index contributed by atoms with van der Waals surface area (Å²) in [5.41, 5.74) is 5.76. The highest BCUT2D eigenvalue weighted by Gasteiger charge is 2.26. The lowest BCUT2D eigenvalue weighted by atomic mass is 9.72. The molecule has 8 heteroatoms. The van der Waals surface area contributed by atoms with Crippen LogP contribution in [0.1, 0.15) is 59.4 Å². The molecule has 42 heavy (non-hydrogen) atoms. The number of hydrogen-bond donors (Lipinski definition) is 1. The van der Waals surface area contributed by atoms with Gasteiger partial charge in [-0.2, -0.15) is 0 Å².